The Balaban J connectivity index is 1.62. The van der Waals surface area contributed by atoms with Gasteiger partial charge < -0.3 is 5.32 Å². The molecule has 3 rings (SSSR count). The van der Waals surface area contributed by atoms with Crippen molar-refractivity contribution in [3.8, 4) is 5.69 Å². The van der Waals surface area contributed by atoms with E-state index in [4.69, 9.17) is 5.10 Å². The molecular formula is C17H24N4. The quantitative estimate of drug-likeness (QED) is 0.884. The van der Waals surface area contributed by atoms with Crippen LogP contribution < -0.4 is 5.32 Å². The van der Waals surface area contributed by atoms with Crippen LogP contribution in [-0.2, 0) is 6.54 Å². The van der Waals surface area contributed by atoms with E-state index in [0.29, 0.717) is 6.04 Å². The van der Waals surface area contributed by atoms with Crippen LogP contribution in [-0.4, -0.2) is 40.4 Å². The number of nitrogens with zero attached hydrogens (tertiary/aromatic N) is 3. The van der Waals surface area contributed by atoms with Gasteiger partial charge in [-0.3, -0.25) is 4.90 Å². The third-order valence-corrected chi connectivity index (χ3v) is 4.14. The zero-order chi connectivity index (χ0) is 14.5. The molecule has 1 aliphatic heterocycles. The maximum Gasteiger partial charge on any atom is 0.0769 e. The van der Waals surface area contributed by atoms with Gasteiger partial charge in [-0.2, -0.15) is 5.10 Å². The number of likely N-dealkylation sites (N-methyl/N-ethyl adjacent to an activating group) is 1. The molecule has 112 valence electrons. The lowest BCUT2D eigenvalue weighted by Gasteiger charge is -2.23. The average molecular weight is 284 g/mol. The number of hydrogen-bond acceptors (Lipinski definition) is 3. The van der Waals surface area contributed by atoms with Crippen LogP contribution in [0.1, 0.15) is 25.5 Å². The summed E-state index contributed by atoms with van der Waals surface area (Å²) in [6.07, 6.45) is 4.66. The second-order valence-electron chi connectivity index (χ2n) is 5.71. The lowest BCUT2D eigenvalue weighted by atomic mass is 10.2. The summed E-state index contributed by atoms with van der Waals surface area (Å²) in [5.41, 5.74) is 2.25. The molecule has 4 heteroatoms. The number of nitrogens with one attached hydrogen (secondary N) is 1. The van der Waals surface area contributed by atoms with Crippen LogP contribution in [0.2, 0.25) is 0 Å². The number of hydrogen-bond donors (Lipinski definition) is 1. The summed E-state index contributed by atoms with van der Waals surface area (Å²) in [4.78, 5) is 2.47. The molecule has 2 aromatic rings. The maximum atomic E-state index is 4.70. The molecule has 1 aromatic heterocycles. The van der Waals surface area contributed by atoms with Crippen LogP contribution in [0.3, 0.4) is 0 Å². The van der Waals surface area contributed by atoms with Gasteiger partial charge in [-0.25, -0.2) is 4.68 Å². The van der Waals surface area contributed by atoms with E-state index in [0.717, 1.165) is 31.0 Å². The topological polar surface area (TPSA) is 33.1 Å². The molecule has 1 fully saturated rings. The minimum absolute atomic E-state index is 0.654. The molecule has 1 saturated heterocycles. The lowest BCUT2D eigenvalue weighted by Crippen LogP contribution is -2.37. The summed E-state index contributed by atoms with van der Waals surface area (Å²) in [6.45, 7) is 6.51. The van der Waals surface area contributed by atoms with Gasteiger partial charge >= 0.3 is 0 Å². The Bertz CT molecular complexity index is 543. The van der Waals surface area contributed by atoms with Crippen molar-refractivity contribution in [2.24, 2.45) is 0 Å². The van der Waals surface area contributed by atoms with Gasteiger partial charge in [0.2, 0.25) is 0 Å². The first-order valence-corrected chi connectivity index (χ1v) is 7.91. The Morgan fingerprint density at radius 3 is 2.86 bits per heavy atom. The van der Waals surface area contributed by atoms with Gasteiger partial charge in [-0.15, -0.1) is 0 Å². The minimum atomic E-state index is 0.654. The Labute approximate surface area is 126 Å². The van der Waals surface area contributed by atoms with Crippen molar-refractivity contribution >= 4 is 0 Å². The van der Waals surface area contributed by atoms with E-state index in [1.165, 1.54) is 19.4 Å². The van der Waals surface area contributed by atoms with Gasteiger partial charge in [-0.05, 0) is 44.1 Å². The summed E-state index contributed by atoms with van der Waals surface area (Å²) in [5.74, 6) is 0. The predicted octanol–water partition coefficient (Wildman–Crippen LogP) is 2.45. The van der Waals surface area contributed by atoms with E-state index in [1.54, 1.807) is 0 Å². The molecule has 0 spiro atoms. The van der Waals surface area contributed by atoms with Crippen LogP contribution >= 0.6 is 0 Å². The molecule has 1 unspecified atom stereocenters. The fourth-order valence-corrected chi connectivity index (χ4v) is 2.93. The molecular weight excluding hydrogens is 260 g/mol. The normalized spacial score (nSPS) is 18.5. The van der Waals surface area contributed by atoms with Crippen molar-refractivity contribution in [1.29, 1.82) is 0 Å². The first-order valence-electron chi connectivity index (χ1n) is 7.91. The van der Waals surface area contributed by atoms with Crippen molar-refractivity contribution in [3.05, 3.63) is 48.3 Å². The van der Waals surface area contributed by atoms with E-state index in [2.05, 4.69) is 35.3 Å². The van der Waals surface area contributed by atoms with Gasteiger partial charge in [0.25, 0.3) is 0 Å². The fraction of sp³-hybridized carbons (Fsp3) is 0.471. The van der Waals surface area contributed by atoms with Gasteiger partial charge in [0.1, 0.15) is 0 Å². The standard InChI is InChI=1S/C17H24N4/c1-2-20(13-15-7-6-11-18-15)14-16-10-12-21(19-16)17-8-4-3-5-9-17/h3-5,8-10,12,15,18H,2,6-7,11,13-14H2,1H3. The third kappa shape index (κ3) is 3.71. The molecule has 0 aliphatic carbocycles. The molecule has 1 aliphatic rings. The van der Waals surface area contributed by atoms with Crippen LogP contribution in [0, 0.1) is 0 Å². The fourth-order valence-electron chi connectivity index (χ4n) is 2.93. The number of para-hydroxylation sites is 1. The Morgan fingerprint density at radius 2 is 2.14 bits per heavy atom. The predicted molar refractivity (Wildman–Crippen MR) is 85.5 cm³/mol. The van der Waals surface area contributed by atoms with E-state index in [-0.39, 0.29) is 0 Å². The number of benzene rings is 1. The molecule has 21 heavy (non-hydrogen) atoms. The third-order valence-electron chi connectivity index (χ3n) is 4.14. The highest BCUT2D eigenvalue weighted by Crippen LogP contribution is 2.11. The second-order valence-corrected chi connectivity index (χ2v) is 5.71. The largest absolute Gasteiger partial charge is 0.313 e. The molecule has 0 bridgehead atoms. The van der Waals surface area contributed by atoms with Crippen LogP contribution in [0.5, 0.6) is 0 Å². The van der Waals surface area contributed by atoms with Crippen molar-refractivity contribution < 1.29 is 0 Å². The van der Waals surface area contributed by atoms with E-state index in [1.807, 2.05) is 29.1 Å². The molecule has 4 nitrogen and oxygen atoms in total. The molecule has 0 amide bonds. The van der Waals surface area contributed by atoms with E-state index < -0.39 is 0 Å². The Morgan fingerprint density at radius 1 is 1.29 bits per heavy atom. The van der Waals surface area contributed by atoms with Crippen molar-refractivity contribution in [2.75, 3.05) is 19.6 Å². The molecule has 0 saturated carbocycles. The molecule has 0 radical (unpaired) electrons. The Hall–Kier alpha value is -1.65. The maximum absolute atomic E-state index is 4.70. The van der Waals surface area contributed by atoms with E-state index in [9.17, 15) is 0 Å². The van der Waals surface area contributed by atoms with Crippen molar-refractivity contribution in [3.63, 3.8) is 0 Å². The Kier molecular flexibility index (Phi) is 4.68. The highest BCUT2D eigenvalue weighted by Gasteiger charge is 2.17. The number of rotatable bonds is 6. The van der Waals surface area contributed by atoms with Gasteiger partial charge in [0, 0.05) is 25.3 Å². The van der Waals surface area contributed by atoms with Crippen molar-refractivity contribution in [1.82, 2.24) is 20.0 Å². The average Bonchev–Trinajstić information content (AvgIpc) is 3.19. The molecule has 1 aromatic carbocycles. The molecule has 1 N–H and O–H groups in total. The van der Waals surface area contributed by atoms with Gasteiger partial charge in [0.05, 0.1) is 11.4 Å². The smallest absolute Gasteiger partial charge is 0.0769 e. The minimum Gasteiger partial charge on any atom is -0.313 e. The van der Waals surface area contributed by atoms with E-state index >= 15 is 0 Å². The summed E-state index contributed by atoms with van der Waals surface area (Å²) >= 11 is 0. The van der Waals surface area contributed by atoms with Crippen LogP contribution in [0.25, 0.3) is 5.69 Å². The summed E-state index contributed by atoms with van der Waals surface area (Å²) in [6, 6.07) is 13.1. The SMILES string of the molecule is CCN(Cc1ccn(-c2ccccc2)n1)CC1CCCN1. The zero-order valence-electron chi connectivity index (χ0n) is 12.7. The van der Waals surface area contributed by atoms with Gasteiger partial charge in [0.15, 0.2) is 0 Å². The number of aromatic nitrogens is 2. The first kappa shape index (κ1) is 14.3. The second kappa shape index (κ2) is 6.87. The molecule has 1 atom stereocenters. The van der Waals surface area contributed by atoms with Crippen molar-refractivity contribution in [2.45, 2.75) is 32.4 Å². The highest BCUT2D eigenvalue weighted by atomic mass is 15.3. The zero-order valence-corrected chi connectivity index (χ0v) is 12.7. The summed E-state index contributed by atoms with van der Waals surface area (Å²) in [7, 11) is 0. The molecule has 2 heterocycles. The van der Waals surface area contributed by atoms with Gasteiger partial charge in [-0.1, -0.05) is 25.1 Å². The highest BCUT2D eigenvalue weighted by molar-refractivity contribution is 5.30. The summed E-state index contributed by atoms with van der Waals surface area (Å²) < 4.78 is 1.96. The van der Waals surface area contributed by atoms with Crippen LogP contribution in [0.4, 0.5) is 0 Å². The monoisotopic (exact) mass is 284 g/mol. The van der Waals surface area contributed by atoms with Crippen LogP contribution in [0.15, 0.2) is 42.6 Å². The lowest BCUT2D eigenvalue weighted by molar-refractivity contribution is 0.250. The summed E-state index contributed by atoms with van der Waals surface area (Å²) in [5, 5.41) is 8.27. The first-order chi connectivity index (χ1) is 10.3.